The van der Waals surface area contributed by atoms with E-state index in [2.05, 4.69) is 20.0 Å². The Morgan fingerprint density at radius 2 is 1.63 bits per heavy atom. The van der Waals surface area contributed by atoms with Crippen molar-refractivity contribution in [3.63, 3.8) is 0 Å². The largest absolute Gasteiger partial charge is 0.381 e. The lowest BCUT2D eigenvalue weighted by Crippen LogP contribution is -2.09. The van der Waals surface area contributed by atoms with Crippen LogP contribution in [0.5, 0.6) is 0 Å². The van der Waals surface area contributed by atoms with Gasteiger partial charge in [-0.05, 0) is 24.3 Å². The Morgan fingerprint density at radius 3 is 2.21 bits per heavy atom. The minimum Gasteiger partial charge on any atom is -0.381 e. The van der Waals surface area contributed by atoms with E-state index in [1.165, 1.54) is 6.33 Å². The zero-order chi connectivity index (χ0) is 13.7. The third-order valence-electron chi connectivity index (χ3n) is 2.30. The van der Waals surface area contributed by atoms with E-state index in [0.717, 1.165) is 17.5 Å². The van der Waals surface area contributed by atoms with Gasteiger partial charge in [-0.1, -0.05) is 0 Å². The van der Waals surface area contributed by atoms with Gasteiger partial charge in [0.1, 0.15) is 6.33 Å². The molecule has 1 aromatic heterocycles. The van der Waals surface area contributed by atoms with Crippen molar-refractivity contribution in [3.05, 3.63) is 48.5 Å². The fourth-order valence-electron chi connectivity index (χ4n) is 1.50. The predicted octanol–water partition coefficient (Wildman–Crippen LogP) is 1.46. The van der Waals surface area contributed by atoms with Gasteiger partial charge < -0.3 is 5.32 Å². The second-order valence-corrected chi connectivity index (χ2v) is 5.80. The Kier molecular flexibility index (Phi) is 3.96. The molecule has 2 rings (SSSR count). The minimum absolute atomic E-state index is 0.538. The average Bonchev–Trinajstić information content (AvgIpc) is 2.37. The van der Waals surface area contributed by atoms with Crippen LogP contribution in [0.15, 0.2) is 43.0 Å². The molecule has 100 valence electrons. The highest BCUT2D eigenvalue weighted by atomic mass is 32.2. The summed E-state index contributed by atoms with van der Waals surface area (Å²) in [6, 6.07) is 7.00. The van der Waals surface area contributed by atoms with E-state index >= 15 is 0 Å². The van der Waals surface area contributed by atoms with Crippen LogP contribution in [-0.4, -0.2) is 24.6 Å². The molecule has 0 amide bonds. The molecular formula is C12H14N4O2S. The fraction of sp³-hybridized carbons (Fsp3) is 0.167. The summed E-state index contributed by atoms with van der Waals surface area (Å²) in [5, 5.41) is 3.19. The number of hydrogen-bond acceptors (Lipinski definition) is 5. The molecule has 7 heteroatoms. The van der Waals surface area contributed by atoms with Gasteiger partial charge in [0.2, 0.25) is 10.0 Å². The maximum absolute atomic E-state index is 11.1. The number of sulfonamides is 1. The van der Waals surface area contributed by atoms with Crippen LogP contribution >= 0.6 is 0 Å². The third kappa shape index (κ3) is 4.55. The van der Waals surface area contributed by atoms with E-state index < -0.39 is 10.0 Å². The highest BCUT2D eigenvalue weighted by Crippen LogP contribution is 2.15. The van der Waals surface area contributed by atoms with Gasteiger partial charge in [-0.2, -0.15) is 0 Å². The average molecular weight is 278 g/mol. The van der Waals surface area contributed by atoms with Gasteiger partial charge in [-0.15, -0.1) is 0 Å². The topological polar surface area (TPSA) is 84.0 Å². The first kappa shape index (κ1) is 13.3. The van der Waals surface area contributed by atoms with Crippen molar-refractivity contribution in [2.45, 2.75) is 6.54 Å². The molecule has 6 nitrogen and oxygen atoms in total. The summed E-state index contributed by atoms with van der Waals surface area (Å²) < 4.78 is 24.5. The highest BCUT2D eigenvalue weighted by Gasteiger charge is 2.01. The fourth-order valence-corrected chi connectivity index (χ4v) is 2.06. The molecule has 0 radical (unpaired) electrons. The van der Waals surface area contributed by atoms with Gasteiger partial charge in [0.05, 0.1) is 6.26 Å². The Labute approximate surface area is 112 Å². The van der Waals surface area contributed by atoms with Crippen LogP contribution < -0.4 is 10.0 Å². The number of nitrogens with one attached hydrogen (secondary N) is 2. The summed E-state index contributed by atoms with van der Waals surface area (Å²) in [5.74, 6) is 0. The molecule has 0 unspecified atom stereocenters. The van der Waals surface area contributed by atoms with Crippen LogP contribution in [0.3, 0.4) is 0 Å². The zero-order valence-corrected chi connectivity index (χ0v) is 11.2. The maximum Gasteiger partial charge on any atom is 0.229 e. The van der Waals surface area contributed by atoms with Crippen molar-refractivity contribution in [1.29, 1.82) is 0 Å². The van der Waals surface area contributed by atoms with Crippen molar-refractivity contribution in [2.24, 2.45) is 0 Å². The number of anilines is 2. The summed E-state index contributed by atoms with van der Waals surface area (Å²) in [4.78, 5) is 7.85. The molecule has 1 heterocycles. The number of nitrogens with zero attached hydrogens (tertiary/aromatic N) is 2. The molecule has 2 aromatic rings. The van der Waals surface area contributed by atoms with Crippen LogP contribution in [0.25, 0.3) is 0 Å². The number of benzene rings is 1. The highest BCUT2D eigenvalue weighted by molar-refractivity contribution is 7.92. The van der Waals surface area contributed by atoms with Crippen LogP contribution in [0, 0.1) is 0 Å². The quantitative estimate of drug-likeness (QED) is 0.865. The van der Waals surface area contributed by atoms with E-state index in [-0.39, 0.29) is 0 Å². The van der Waals surface area contributed by atoms with Gasteiger partial charge >= 0.3 is 0 Å². The Hall–Kier alpha value is -2.15. The third-order valence-corrected chi connectivity index (χ3v) is 2.91. The first-order valence-electron chi connectivity index (χ1n) is 5.58. The van der Waals surface area contributed by atoms with Crippen LogP contribution in [0.1, 0.15) is 5.56 Å². The molecule has 0 saturated carbocycles. The molecular weight excluding hydrogens is 264 g/mol. The summed E-state index contributed by atoms with van der Waals surface area (Å²) in [6.45, 7) is 0.611. The molecule has 2 N–H and O–H groups in total. The van der Waals surface area contributed by atoms with Crippen LogP contribution in [0.4, 0.5) is 11.4 Å². The van der Waals surface area contributed by atoms with Gasteiger partial charge in [0.25, 0.3) is 0 Å². The Bertz CT molecular complexity index is 627. The van der Waals surface area contributed by atoms with E-state index in [1.54, 1.807) is 36.7 Å². The van der Waals surface area contributed by atoms with Crippen molar-refractivity contribution in [2.75, 3.05) is 16.3 Å². The van der Waals surface area contributed by atoms with Gasteiger partial charge in [0, 0.05) is 35.9 Å². The summed E-state index contributed by atoms with van der Waals surface area (Å²) >= 11 is 0. The van der Waals surface area contributed by atoms with E-state index in [9.17, 15) is 8.42 Å². The van der Waals surface area contributed by atoms with E-state index in [4.69, 9.17) is 0 Å². The molecule has 1 aromatic carbocycles. The molecule has 19 heavy (non-hydrogen) atoms. The van der Waals surface area contributed by atoms with Gasteiger partial charge in [0.15, 0.2) is 0 Å². The lowest BCUT2D eigenvalue weighted by atomic mass is 10.2. The lowest BCUT2D eigenvalue weighted by molar-refractivity contribution is 0.607. The zero-order valence-electron chi connectivity index (χ0n) is 10.4. The molecule has 0 saturated heterocycles. The van der Waals surface area contributed by atoms with Gasteiger partial charge in [-0.25, -0.2) is 18.4 Å². The molecule has 0 aliphatic carbocycles. The van der Waals surface area contributed by atoms with Crippen molar-refractivity contribution < 1.29 is 8.42 Å². The lowest BCUT2D eigenvalue weighted by Gasteiger charge is -2.08. The Balaban J connectivity index is 1.96. The number of hydrogen-bond donors (Lipinski definition) is 2. The van der Waals surface area contributed by atoms with E-state index in [1.807, 2.05) is 0 Å². The first-order chi connectivity index (χ1) is 9.03. The summed E-state index contributed by atoms with van der Waals surface area (Å²) in [7, 11) is -3.23. The molecule has 0 aliphatic rings. The molecule has 0 atom stereocenters. The summed E-state index contributed by atoms with van der Waals surface area (Å²) in [5.41, 5.74) is 2.40. The monoisotopic (exact) mass is 278 g/mol. The second kappa shape index (κ2) is 5.66. The molecule has 0 bridgehead atoms. The normalized spacial score (nSPS) is 11.0. The standard InChI is InChI=1S/C12H14N4O2S/c1-19(17,18)16-12-4-2-11(3-5-12)15-8-10-6-13-9-14-7-10/h2-7,9,15-16H,8H2,1H3. The molecule has 0 aliphatic heterocycles. The van der Waals surface area contributed by atoms with Gasteiger partial charge in [-0.3, -0.25) is 4.72 Å². The second-order valence-electron chi connectivity index (χ2n) is 4.05. The SMILES string of the molecule is CS(=O)(=O)Nc1ccc(NCc2cncnc2)cc1. The smallest absolute Gasteiger partial charge is 0.229 e. The maximum atomic E-state index is 11.1. The Morgan fingerprint density at radius 1 is 1.05 bits per heavy atom. The van der Waals surface area contributed by atoms with Crippen LogP contribution in [0.2, 0.25) is 0 Å². The summed E-state index contributed by atoms with van der Waals surface area (Å²) in [6.07, 6.45) is 6.07. The molecule has 0 spiro atoms. The van der Waals surface area contributed by atoms with E-state index in [0.29, 0.717) is 12.2 Å². The predicted molar refractivity (Wildman–Crippen MR) is 74.3 cm³/mol. The number of aromatic nitrogens is 2. The van der Waals surface area contributed by atoms with Crippen molar-refractivity contribution >= 4 is 21.4 Å². The minimum atomic E-state index is -3.23. The first-order valence-corrected chi connectivity index (χ1v) is 7.48. The number of rotatable bonds is 5. The van der Waals surface area contributed by atoms with Crippen molar-refractivity contribution in [1.82, 2.24) is 9.97 Å². The van der Waals surface area contributed by atoms with Crippen molar-refractivity contribution in [3.8, 4) is 0 Å². The van der Waals surface area contributed by atoms with Crippen LogP contribution in [-0.2, 0) is 16.6 Å². The molecule has 0 fully saturated rings.